The van der Waals surface area contributed by atoms with E-state index < -0.39 is 5.91 Å². The fraction of sp³-hybridized carbons (Fsp3) is 0.200. The molecule has 0 aliphatic heterocycles. The van der Waals surface area contributed by atoms with E-state index in [2.05, 4.69) is 15.3 Å². The zero-order valence-electron chi connectivity index (χ0n) is 18.6. The van der Waals surface area contributed by atoms with Crippen LogP contribution in [0.5, 0.6) is 5.75 Å². The highest BCUT2D eigenvalue weighted by Crippen LogP contribution is 2.33. The number of anilines is 1. The number of nitrogens with one attached hydrogen (secondary N) is 1. The van der Waals surface area contributed by atoms with Crippen molar-refractivity contribution >= 4 is 51.7 Å². The Labute approximate surface area is 205 Å². The van der Waals surface area contributed by atoms with E-state index in [4.69, 9.17) is 20.8 Å². The molecule has 1 N–H and O–H groups in total. The van der Waals surface area contributed by atoms with Crippen molar-refractivity contribution in [3.63, 3.8) is 0 Å². The third-order valence-electron chi connectivity index (χ3n) is 4.84. The fourth-order valence-electron chi connectivity index (χ4n) is 3.28. The van der Waals surface area contributed by atoms with Crippen LogP contribution in [-0.2, 0) is 0 Å². The number of carbonyl (C=O) groups excluding carboxylic acids is 2. The molecule has 0 unspecified atom stereocenters. The number of hydrogen-bond acceptors (Lipinski definition) is 7. The zero-order valence-corrected chi connectivity index (χ0v) is 20.2. The van der Waals surface area contributed by atoms with Crippen LogP contribution in [0.25, 0.3) is 11.0 Å². The molecular weight excluding hydrogens is 474 g/mol. The molecule has 0 aliphatic rings. The average molecular weight is 496 g/mol. The van der Waals surface area contributed by atoms with Gasteiger partial charge >= 0.3 is 0 Å². The quantitative estimate of drug-likeness (QED) is 0.166. The predicted octanol–water partition coefficient (Wildman–Crippen LogP) is 6.26. The van der Waals surface area contributed by atoms with Gasteiger partial charge in [-0.05, 0) is 49.7 Å². The molecule has 0 atom stereocenters. The highest BCUT2D eigenvalue weighted by molar-refractivity contribution is 7.99. The normalized spacial score (nSPS) is 10.9. The van der Waals surface area contributed by atoms with Gasteiger partial charge in [-0.25, -0.2) is 9.97 Å². The first-order valence-electron chi connectivity index (χ1n) is 10.8. The Bertz CT molecular complexity index is 1340. The number of fused-ring (bicyclic) bond motifs is 1. The Hall–Kier alpha value is -3.36. The first-order valence-corrected chi connectivity index (χ1v) is 12.1. The summed E-state index contributed by atoms with van der Waals surface area (Å²) in [5, 5.41) is 3.96. The molecule has 0 aliphatic carbocycles. The third kappa shape index (κ3) is 5.08. The Morgan fingerprint density at radius 2 is 1.88 bits per heavy atom. The lowest BCUT2D eigenvalue weighted by Gasteiger charge is -2.08. The van der Waals surface area contributed by atoms with Crippen LogP contribution >= 0.6 is 23.4 Å². The number of hydrogen-bond donors (Lipinski definition) is 1. The van der Waals surface area contributed by atoms with Crippen LogP contribution in [-0.4, -0.2) is 34.0 Å². The molecule has 9 heteroatoms. The summed E-state index contributed by atoms with van der Waals surface area (Å²) >= 11 is 7.66. The second kappa shape index (κ2) is 10.7. The number of carbonyl (C=O) groups is 2. The molecule has 4 aromatic rings. The largest absolute Gasteiger partial charge is 0.494 e. The van der Waals surface area contributed by atoms with Crippen molar-refractivity contribution in [3.8, 4) is 5.75 Å². The smallest absolute Gasteiger partial charge is 0.276 e. The van der Waals surface area contributed by atoms with E-state index in [0.29, 0.717) is 34.0 Å². The molecule has 1 amide bonds. The summed E-state index contributed by atoms with van der Waals surface area (Å²) in [7, 11) is 0. The second-order valence-electron chi connectivity index (χ2n) is 7.24. The van der Waals surface area contributed by atoms with Gasteiger partial charge in [0.1, 0.15) is 11.3 Å². The van der Waals surface area contributed by atoms with Crippen molar-refractivity contribution in [1.82, 2.24) is 9.97 Å². The topological polar surface area (TPSA) is 94.3 Å². The van der Waals surface area contributed by atoms with E-state index in [1.54, 1.807) is 48.5 Å². The number of benzene rings is 2. The SMILES string of the molecule is CCCSc1ncc(Cl)c(C(=O)Nc2c(C(=O)c3ccc(OCC)cc3)oc3ccccc23)n1. The minimum Gasteiger partial charge on any atom is -0.494 e. The molecule has 0 radical (unpaired) electrons. The maximum Gasteiger partial charge on any atom is 0.276 e. The highest BCUT2D eigenvalue weighted by Gasteiger charge is 2.25. The molecule has 0 saturated carbocycles. The van der Waals surface area contributed by atoms with Gasteiger partial charge in [-0.15, -0.1) is 0 Å². The van der Waals surface area contributed by atoms with Crippen LogP contribution in [0.3, 0.4) is 0 Å². The molecule has 0 bridgehead atoms. The standard InChI is InChI=1S/C25H22ClN3O4S/c1-3-13-34-25-27-14-18(26)21(29-25)24(31)28-20-17-7-5-6-8-19(17)33-23(20)22(30)15-9-11-16(12-10-15)32-4-2/h5-12,14H,3-4,13H2,1-2H3,(H,28,31). The number of ether oxygens (including phenoxy) is 1. The summed E-state index contributed by atoms with van der Waals surface area (Å²) in [6.45, 7) is 4.46. The van der Waals surface area contributed by atoms with Gasteiger partial charge in [-0.3, -0.25) is 9.59 Å². The predicted molar refractivity (Wildman–Crippen MR) is 133 cm³/mol. The molecule has 2 aromatic heterocycles. The van der Waals surface area contributed by atoms with Crippen LogP contribution in [0.1, 0.15) is 46.9 Å². The van der Waals surface area contributed by atoms with E-state index in [-0.39, 0.29) is 27.9 Å². The molecule has 174 valence electrons. The number of rotatable bonds is 9. The minimum atomic E-state index is -0.557. The Morgan fingerprint density at radius 3 is 2.62 bits per heavy atom. The van der Waals surface area contributed by atoms with Gasteiger partial charge in [-0.2, -0.15) is 0 Å². The number of aromatic nitrogens is 2. The molecular formula is C25H22ClN3O4S. The van der Waals surface area contributed by atoms with E-state index in [9.17, 15) is 9.59 Å². The number of amides is 1. The molecule has 4 rings (SSSR count). The molecule has 0 fully saturated rings. The lowest BCUT2D eigenvalue weighted by atomic mass is 10.1. The van der Waals surface area contributed by atoms with Crippen LogP contribution in [0, 0.1) is 0 Å². The number of thioether (sulfide) groups is 1. The summed E-state index contributed by atoms with van der Waals surface area (Å²) in [4.78, 5) is 35.0. The van der Waals surface area contributed by atoms with Gasteiger partial charge in [0.25, 0.3) is 5.91 Å². The van der Waals surface area contributed by atoms with Crippen molar-refractivity contribution in [2.75, 3.05) is 17.7 Å². The molecule has 2 heterocycles. The monoisotopic (exact) mass is 495 g/mol. The van der Waals surface area contributed by atoms with Gasteiger partial charge in [-0.1, -0.05) is 42.4 Å². The van der Waals surface area contributed by atoms with Crippen LogP contribution in [0.2, 0.25) is 5.02 Å². The summed E-state index contributed by atoms with van der Waals surface area (Å²) < 4.78 is 11.3. The van der Waals surface area contributed by atoms with E-state index in [0.717, 1.165) is 12.2 Å². The summed E-state index contributed by atoms with van der Waals surface area (Å²) in [6, 6.07) is 13.8. The van der Waals surface area contributed by atoms with Gasteiger partial charge in [0.15, 0.2) is 16.6 Å². The molecule has 2 aromatic carbocycles. The number of para-hydroxylation sites is 1. The fourth-order valence-corrected chi connectivity index (χ4v) is 4.12. The lowest BCUT2D eigenvalue weighted by molar-refractivity contribution is 0.101. The molecule has 7 nitrogen and oxygen atoms in total. The highest BCUT2D eigenvalue weighted by atomic mass is 35.5. The van der Waals surface area contributed by atoms with Gasteiger partial charge in [0.2, 0.25) is 5.78 Å². The number of furan rings is 1. The van der Waals surface area contributed by atoms with Gasteiger partial charge < -0.3 is 14.5 Å². The van der Waals surface area contributed by atoms with Crippen molar-refractivity contribution in [2.45, 2.75) is 25.4 Å². The lowest BCUT2D eigenvalue weighted by Crippen LogP contribution is -2.17. The molecule has 0 saturated heterocycles. The average Bonchev–Trinajstić information content (AvgIpc) is 3.22. The summed E-state index contributed by atoms with van der Waals surface area (Å²) in [5.41, 5.74) is 1.16. The van der Waals surface area contributed by atoms with Crippen molar-refractivity contribution in [3.05, 3.63) is 76.8 Å². The number of halogens is 1. The summed E-state index contributed by atoms with van der Waals surface area (Å²) in [5.74, 6) is 0.563. The Balaban J connectivity index is 1.69. The molecule has 34 heavy (non-hydrogen) atoms. The van der Waals surface area contributed by atoms with E-state index in [1.165, 1.54) is 18.0 Å². The maximum absolute atomic E-state index is 13.3. The van der Waals surface area contributed by atoms with Crippen LogP contribution in [0.4, 0.5) is 5.69 Å². The Kier molecular flexibility index (Phi) is 7.49. The Morgan fingerprint density at radius 1 is 1.12 bits per heavy atom. The zero-order chi connectivity index (χ0) is 24.1. The van der Waals surface area contributed by atoms with Crippen molar-refractivity contribution < 1.29 is 18.7 Å². The van der Waals surface area contributed by atoms with Crippen molar-refractivity contribution in [2.24, 2.45) is 0 Å². The van der Waals surface area contributed by atoms with Crippen LogP contribution in [0.15, 0.2) is 64.3 Å². The van der Waals surface area contributed by atoms with Gasteiger partial charge in [0.05, 0.1) is 23.5 Å². The first kappa shape index (κ1) is 23.8. The first-order chi connectivity index (χ1) is 16.5. The number of ketones is 1. The van der Waals surface area contributed by atoms with E-state index in [1.807, 2.05) is 13.8 Å². The van der Waals surface area contributed by atoms with Gasteiger partial charge in [0, 0.05) is 16.7 Å². The second-order valence-corrected chi connectivity index (χ2v) is 8.71. The van der Waals surface area contributed by atoms with Crippen LogP contribution < -0.4 is 10.1 Å². The number of nitrogens with zero attached hydrogens (tertiary/aromatic N) is 2. The molecule has 0 spiro atoms. The third-order valence-corrected chi connectivity index (χ3v) is 6.18. The summed E-state index contributed by atoms with van der Waals surface area (Å²) in [6.07, 6.45) is 2.34. The minimum absolute atomic E-state index is 0.0180. The van der Waals surface area contributed by atoms with E-state index >= 15 is 0 Å². The maximum atomic E-state index is 13.3. The van der Waals surface area contributed by atoms with Crippen molar-refractivity contribution in [1.29, 1.82) is 0 Å².